The van der Waals surface area contributed by atoms with Gasteiger partial charge >= 0.3 is 6.03 Å². The number of guanidine groups is 1. The number of fused-ring (bicyclic) bond motifs is 3. The number of amides is 4. The van der Waals surface area contributed by atoms with Gasteiger partial charge in [0.15, 0.2) is 12.2 Å². The Morgan fingerprint density at radius 1 is 1.20 bits per heavy atom. The van der Waals surface area contributed by atoms with Gasteiger partial charge in [-0.05, 0) is 43.5 Å². The molecule has 158 valence electrons. The van der Waals surface area contributed by atoms with E-state index in [2.05, 4.69) is 13.8 Å². The Bertz CT molecular complexity index is 967. The molecule has 4 rings (SSSR count). The van der Waals surface area contributed by atoms with Gasteiger partial charge in [0.1, 0.15) is 0 Å². The van der Waals surface area contributed by atoms with Crippen molar-refractivity contribution < 1.29 is 14.4 Å². The molecule has 0 aliphatic carbocycles. The van der Waals surface area contributed by atoms with Crippen LogP contribution >= 0.6 is 0 Å². The maximum absolute atomic E-state index is 13.3. The molecular formula is C21H26N6O3. The first kappa shape index (κ1) is 19.9. The highest BCUT2D eigenvalue weighted by Crippen LogP contribution is 2.36. The molecule has 4 amide bonds. The summed E-state index contributed by atoms with van der Waals surface area (Å²) in [6, 6.07) is 5.99. The fourth-order valence-electron chi connectivity index (χ4n) is 4.04. The van der Waals surface area contributed by atoms with Gasteiger partial charge in [-0.3, -0.25) is 19.4 Å². The van der Waals surface area contributed by atoms with Crippen LogP contribution < -0.4 is 10.6 Å². The SMILES string of the molecule is CC1=CN2C(=NC3C2C(=O)N(CCC(C)C)C(=O)N3C)N1c1ccc(C(N)=O)cc1. The lowest BCUT2D eigenvalue weighted by Gasteiger charge is -2.40. The van der Waals surface area contributed by atoms with Crippen LogP contribution in [0.5, 0.6) is 0 Å². The molecule has 3 aliphatic heterocycles. The van der Waals surface area contributed by atoms with Crippen molar-refractivity contribution in [2.24, 2.45) is 16.6 Å². The number of nitrogens with two attached hydrogens (primary N) is 1. The number of benzene rings is 1. The van der Waals surface area contributed by atoms with Crippen molar-refractivity contribution in [2.45, 2.75) is 39.4 Å². The molecule has 0 spiro atoms. The summed E-state index contributed by atoms with van der Waals surface area (Å²) in [6.07, 6.45) is 2.06. The fourth-order valence-corrected chi connectivity index (χ4v) is 4.04. The second-order valence-corrected chi connectivity index (χ2v) is 8.28. The molecule has 2 atom stereocenters. The molecule has 0 aromatic heterocycles. The number of carbonyl (C=O) groups excluding carboxylic acids is 3. The second-order valence-electron chi connectivity index (χ2n) is 8.28. The van der Waals surface area contributed by atoms with E-state index in [0.29, 0.717) is 24.0 Å². The molecule has 1 aromatic carbocycles. The Hall–Kier alpha value is -3.36. The number of anilines is 1. The monoisotopic (exact) mass is 410 g/mol. The molecular weight excluding hydrogens is 384 g/mol. The second kappa shape index (κ2) is 7.16. The van der Waals surface area contributed by atoms with Gasteiger partial charge in [-0.15, -0.1) is 0 Å². The van der Waals surface area contributed by atoms with Crippen LogP contribution in [-0.4, -0.2) is 64.3 Å². The van der Waals surface area contributed by atoms with Crippen molar-refractivity contribution in [2.75, 3.05) is 18.5 Å². The summed E-state index contributed by atoms with van der Waals surface area (Å²) in [5.41, 5.74) is 7.44. The van der Waals surface area contributed by atoms with E-state index in [1.165, 1.54) is 9.80 Å². The van der Waals surface area contributed by atoms with Crippen LogP contribution in [0.3, 0.4) is 0 Å². The molecule has 9 nitrogen and oxygen atoms in total. The van der Waals surface area contributed by atoms with Crippen LogP contribution in [0, 0.1) is 5.92 Å². The lowest BCUT2D eigenvalue weighted by atomic mass is 10.1. The van der Waals surface area contributed by atoms with Gasteiger partial charge in [0.05, 0.1) is 0 Å². The van der Waals surface area contributed by atoms with Crippen molar-refractivity contribution in [3.63, 3.8) is 0 Å². The number of aliphatic imine (C=N–C) groups is 1. The average molecular weight is 410 g/mol. The predicted octanol–water partition coefficient (Wildman–Crippen LogP) is 1.77. The molecule has 0 saturated carbocycles. The third kappa shape index (κ3) is 3.01. The van der Waals surface area contributed by atoms with Gasteiger partial charge in [-0.1, -0.05) is 13.8 Å². The summed E-state index contributed by atoms with van der Waals surface area (Å²) in [5.74, 6) is 0.260. The van der Waals surface area contributed by atoms with Gasteiger partial charge in [-0.25, -0.2) is 9.79 Å². The van der Waals surface area contributed by atoms with Gasteiger partial charge in [0, 0.05) is 36.7 Å². The smallest absolute Gasteiger partial charge is 0.328 e. The Balaban J connectivity index is 1.64. The van der Waals surface area contributed by atoms with E-state index in [1.54, 1.807) is 31.3 Å². The Morgan fingerprint density at radius 2 is 1.87 bits per heavy atom. The number of hydrogen-bond acceptors (Lipinski definition) is 6. The first-order chi connectivity index (χ1) is 14.2. The Morgan fingerprint density at radius 3 is 2.47 bits per heavy atom. The summed E-state index contributed by atoms with van der Waals surface area (Å²) in [4.78, 5) is 48.8. The third-order valence-corrected chi connectivity index (χ3v) is 5.73. The van der Waals surface area contributed by atoms with Crippen LogP contribution in [0.1, 0.15) is 37.6 Å². The number of likely N-dealkylation sites (N-methyl/N-ethyl adjacent to an activating group) is 1. The molecule has 1 aromatic rings. The molecule has 3 heterocycles. The normalized spacial score (nSPS) is 23.1. The Kier molecular flexibility index (Phi) is 4.76. The zero-order valence-corrected chi connectivity index (χ0v) is 17.6. The summed E-state index contributed by atoms with van der Waals surface area (Å²) in [6.45, 7) is 6.45. The number of carbonyl (C=O) groups is 3. The maximum atomic E-state index is 13.3. The molecule has 1 saturated heterocycles. The van der Waals surface area contributed by atoms with Gasteiger partial charge in [0.25, 0.3) is 5.91 Å². The largest absolute Gasteiger partial charge is 0.366 e. The van der Waals surface area contributed by atoms with E-state index in [9.17, 15) is 14.4 Å². The highest BCUT2D eigenvalue weighted by atomic mass is 16.2. The summed E-state index contributed by atoms with van der Waals surface area (Å²) in [7, 11) is 1.68. The van der Waals surface area contributed by atoms with Gasteiger partial charge in [0.2, 0.25) is 11.9 Å². The number of urea groups is 1. The lowest BCUT2D eigenvalue weighted by Crippen LogP contribution is -2.64. The summed E-state index contributed by atoms with van der Waals surface area (Å²) >= 11 is 0. The highest BCUT2D eigenvalue weighted by molar-refractivity contribution is 6.10. The highest BCUT2D eigenvalue weighted by Gasteiger charge is 2.54. The predicted molar refractivity (Wildman–Crippen MR) is 112 cm³/mol. The topological polar surface area (TPSA) is 103 Å². The number of hydrogen-bond donors (Lipinski definition) is 1. The summed E-state index contributed by atoms with van der Waals surface area (Å²) < 4.78 is 0. The molecule has 0 radical (unpaired) electrons. The number of rotatable bonds is 5. The number of nitrogens with zero attached hydrogens (tertiary/aromatic N) is 5. The van der Waals surface area contributed by atoms with Crippen molar-refractivity contribution >= 4 is 29.5 Å². The van der Waals surface area contributed by atoms with Gasteiger partial charge < -0.3 is 15.5 Å². The van der Waals surface area contributed by atoms with Gasteiger partial charge in [-0.2, -0.15) is 0 Å². The van der Waals surface area contributed by atoms with Crippen LogP contribution in [0.2, 0.25) is 0 Å². The van der Waals surface area contributed by atoms with Crippen molar-refractivity contribution in [3.8, 4) is 0 Å². The van der Waals surface area contributed by atoms with E-state index >= 15 is 0 Å². The minimum Gasteiger partial charge on any atom is -0.366 e. The van der Waals surface area contributed by atoms with E-state index in [1.807, 2.05) is 22.9 Å². The maximum Gasteiger partial charge on any atom is 0.328 e. The van der Waals surface area contributed by atoms with E-state index in [0.717, 1.165) is 17.8 Å². The molecule has 3 aliphatic rings. The molecule has 0 bridgehead atoms. The van der Waals surface area contributed by atoms with Crippen LogP contribution in [-0.2, 0) is 4.79 Å². The fraction of sp³-hybridized carbons (Fsp3) is 0.429. The van der Waals surface area contributed by atoms with Crippen LogP contribution in [0.25, 0.3) is 0 Å². The van der Waals surface area contributed by atoms with E-state index < -0.39 is 18.1 Å². The minimum atomic E-state index is -0.584. The van der Waals surface area contributed by atoms with Crippen molar-refractivity contribution in [1.82, 2.24) is 14.7 Å². The van der Waals surface area contributed by atoms with Crippen molar-refractivity contribution in [3.05, 3.63) is 41.7 Å². The van der Waals surface area contributed by atoms with E-state index in [-0.39, 0.29) is 11.9 Å². The first-order valence-corrected chi connectivity index (χ1v) is 10.0. The zero-order chi connectivity index (χ0) is 21.7. The standard InChI is InChI=1S/C21H26N6O3/c1-12(2)9-10-25-19(29)16-18(24(4)21(25)30)23-20-26(16)11-13(3)27(20)15-7-5-14(6-8-15)17(22)28/h5-8,11-12,16,18H,9-10H2,1-4H3,(H2,22,28). The minimum absolute atomic E-state index is 0.225. The molecule has 1 fully saturated rings. The molecule has 9 heteroatoms. The third-order valence-electron chi connectivity index (χ3n) is 5.73. The first-order valence-electron chi connectivity index (χ1n) is 10.0. The summed E-state index contributed by atoms with van der Waals surface area (Å²) in [5, 5.41) is 0. The van der Waals surface area contributed by atoms with Crippen LogP contribution in [0.15, 0.2) is 41.2 Å². The number of allylic oxidation sites excluding steroid dienone is 1. The van der Waals surface area contributed by atoms with Crippen LogP contribution in [0.4, 0.5) is 10.5 Å². The molecule has 30 heavy (non-hydrogen) atoms. The molecule has 2 N–H and O–H groups in total. The van der Waals surface area contributed by atoms with E-state index in [4.69, 9.17) is 10.7 Å². The zero-order valence-electron chi connectivity index (χ0n) is 17.6. The molecule has 2 unspecified atom stereocenters. The lowest BCUT2D eigenvalue weighted by molar-refractivity contribution is -0.136. The number of imide groups is 1. The number of primary amides is 1. The van der Waals surface area contributed by atoms with Crippen molar-refractivity contribution in [1.29, 1.82) is 0 Å². The average Bonchev–Trinajstić information content (AvgIpc) is 3.20. The quantitative estimate of drug-likeness (QED) is 0.797. The Labute approximate surface area is 175 Å².